The summed E-state index contributed by atoms with van der Waals surface area (Å²) in [5.74, 6) is 0.831. The topological polar surface area (TPSA) is 41.6 Å². The van der Waals surface area contributed by atoms with Gasteiger partial charge in [-0.25, -0.2) is 4.79 Å². The molecule has 2 aromatic carbocycles. The van der Waals surface area contributed by atoms with Crippen molar-refractivity contribution in [2.45, 2.75) is 13.0 Å². The van der Waals surface area contributed by atoms with Crippen LogP contribution in [0.3, 0.4) is 0 Å². The second-order valence-electron chi connectivity index (χ2n) is 5.28. The van der Waals surface area contributed by atoms with Crippen LogP contribution in [0.15, 0.2) is 48.5 Å². The summed E-state index contributed by atoms with van der Waals surface area (Å²) in [6.07, 6.45) is 0.773. The van der Waals surface area contributed by atoms with Crippen LogP contribution < -0.4 is 10.1 Å². The van der Waals surface area contributed by atoms with E-state index in [2.05, 4.69) is 5.32 Å². The van der Waals surface area contributed by atoms with Crippen molar-refractivity contribution >= 4 is 17.6 Å². The Hall–Kier alpha value is -2.20. The predicted molar refractivity (Wildman–Crippen MR) is 93.0 cm³/mol. The molecule has 0 aliphatic heterocycles. The molecule has 0 bridgehead atoms. The first-order chi connectivity index (χ1) is 11.1. The van der Waals surface area contributed by atoms with Gasteiger partial charge in [-0.3, -0.25) is 0 Å². The van der Waals surface area contributed by atoms with Gasteiger partial charge in [0.15, 0.2) is 0 Å². The van der Waals surface area contributed by atoms with Crippen LogP contribution in [0.25, 0.3) is 0 Å². The minimum atomic E-state index is -0.113. The van der Waals surface area contributed by atoms with Gasteiger partial charge in [0, 0.05) is 25.2 Å². The fourth-order valence-corrected chi connectivity index (χ4v) is 2.39. The Balaban J connectivity index is 1.78. The molecule has 2 amide bonds. The van der Waals surface area contributed by atoms with Crippen LogP contribution in [0.1, 0.15) is 11.1 Å². The molecular formula is C18H21ClN2O2. The number of nitrogens with one attached hydrogen (secondary N) is 1. The average molecular weight is 333 g/mol. The molecule has 2 aromatic rings. The fraction of sp³-hybridized carbons (Fsp3) is 0.278. The zero-order valence-corrected chi connectivity index (χ0v) is 14.1. The molecule has 0 unspecified atom stereocenters. The quantitative estimate of drug-likeness (QED) is 0.875. The van der Waals surface area contributed by atoms with E-state index < -0.39 is 0 Å². The lowest BCUT2D eigenvalue weighted by Gasteiger charge is -2.18. The zero-order chi connectivity index (χ0) is 16.7. The maximum atomic E-state index is 12.1. The van der Waals surface area contributed by atoms with Gasteiger partial charge in [-0.1, -0.05) is 41.9 Å². The van der Waals surface area contributed by atoms with E-state index in [1.807, 2.05) is 48.5 Å². The van der Waals surface area contributed by atoms with Crippen molar-refractivity contribution in [1.29, 1.82) is 0 Å². The number of carbonyl (C=O) groups excluding carboxylic acids is 1. The van der Waals surface area contributed by atoms with Crippen LogP contribution >= 0.6 is 11.6 Å². The van der Waals surface area contributed by atoms with Crippen LogP contribution in [0, 0.1) is 0 Å². The number of nitrogens with zero attached hydrogens (tertiary/aromatic N) is 1. The molecular weight excluding hydrogens is 312 g/mol. The number of ether oxygens (including phenoxy) is 1. The SMILES string of the molecule is COc1ccc(CCNC(=O)N(C)Cc2ccccc2Cl)cc1. The fourth-order valence-electron chi connectivity index (χ4n) is 2.19. The molecule has 5 heteroatoms. The van der Waals surface area contributed by atoms with Gasteiger partial charge in [-0.05, 0) is 35.7 Å². The smallest absolute Gasteiger partial charge is 0.317 e. The molecule has 0 aliphatic carbocycles. The zero-order valence-electron chi connectivity index (χ0n) is 13.4. The molecule has 0 radical (unpaired) electrons. The number of amides is 2. The van der Waals surface area contributed by atoms with Crippen LogP contribution in [-0.4, -0.2) is 31.6 Å². The van der Waals surface area contributed by atoms with Crippen molar-refractivity contribution in [2.24, 2.45) is 0 Å². The molecule has 0 aromatic heterocycles. The molecule has 0 heterocycles. The molecule has 0 spiro atoms. The Morgan fingerprint density at radius 1 is 1.17 bits per heavy atom. The van der Waals surface area contributed by atoms with E-state index in [-0.39, 0.29) is 6.03 Å². The Morgan fingerprint density at radius 3 is 2.52 bits per heavy atom. The number of carbonyl (C=O) groups is 1. The Morgan fingerprint density at radius 2 is 1.87 bits per heavy atom. The van der Waals surface area contributed by atoms with E-state index in [0.29, 0.717) is 18.1 Å². The first kappa shape index (κ1) is 17.2. The maximum absolute atomic E-state index is 12.1. The molecule has 0 aliphatic rings. The number of rotatable bonds is 6. The standard InChI is InChI=1S/C18H21ClN2O2/c1-21(13-15-5-3-4-6-17(15)19)18(22)20-12-11-14-7-9-16(23-2)10-8-14/h3-10H,11-13H2,1-2H3,(H,20,22). The van der Waals surface area contributed by atoms with Crippen molar-refractivity contribution in [3.05, 3.63) is 64.7 Å². The van der Waals surface area contributed by atoms with Crippen LogP contribution in [0.4, 0.5) is 4.79 Å². The Bertz CT molecular complexity index is 644. The highest BCUT2D eigenvalue weighted by Gasteiger charge is 2.10. The molecule has 122 valence electrons. The number of hydrogen-bond acceptors (Lipinski definition) is 2. The lowest BCUT2D eigenvalue weighted by atomic mass is 10.1. The van der Waals surface area contributed by atoms with Crippen molar-refractivity contribution in [3.8, 4) is 5.75 Å². The van der Waals surface area contributed by atoms with Gasteiger partial charge in [0.25, 0.3) is 0 Å². The van der Waals surface area contributed by atoms with E-state index >= 15 is 0 Å². The van der Waals surface area contributed by atoms with E-state index in [4.69, 9.17) is 16.3 Å². The molecule has 2 rings (SSSR count). The summed E-state index contributed by atoms with van der Waals surface area (Å²) in [5, 5.41) is 3.58. The molecule has 1 N–H and O–H groups in total. The summed E-state index contributed by atoms with van der Waals surface area (Å²) in [7, 11) is 3.40. The number of hydrogen-bond donors (Lipinski definition) is 1. The molecule has 23 heavy (non-hydrogen) atoms. The second kappa shape index (κ2) is 8.44. The largest absolute Gasteiger partial charge is 0.497 e. The summed E-state index contributed by atoms with van der Waals surface area (Å²) < 4.78 is 5.12. The average Bonchev–Trinajstić information content (AvgIpc) is 2.57. The van der Waals surface area contributed by atoms with Crippen molar-refractivity contribution in [3.63, 3.8) is 0 Å². The summed E-state index contributed by atoms with van der Waals surface area (Å²) in [4.78, 5) is 13.7. The number of methoxy groups -OCH3 is 1. The van der Waals surface area contributed by atoms with Gasteiger partial charge in [0.1, 0.15) is 5.75 Å². The molecule has 4 nitrogen and oxygen atoms in total. The van der Waals surface area contributed by atoms with E-state index in [9.17, 15) is 4.79 Å². The van der Waals surface area contributed by atoms with Gasteiger partial charge in [-0.2, -0.15) is 0 Å². The van der Waals surface area contributed by atoms with Gasteiger partial charge in [-0.15, -0.1) is 0 Å². The third kappa shape index (κ3) is 5.18. The second-order valence-corrected chi connectivity index (χ2v) is 5.68. The first-order valence-electron chi connectivity index (χ1n) is 7.45. The summed E-state index contributed by atoms with van der Waals surface area (Å²) in [6.45, 7) is 1.06. The normalized spacial score (nSPS) is 10.2. The van der Waals surface area contributed by atoms with Crippen molar-refractivity contribution in [2.75, 3.05) is 20.7 Å². The van der Waals surface area contributed by atoms with Gasteiger partial charge in [0.05, 0.1) is 7.11 Å². The van der Waals surface area contributed by atoms with Crippen LogP contribution in [-0.2, 0) is 13.0 Å². The summed E-state index contributed by atoms with van der Waals surface area (Å²) in [5.41, 5.74) is 2.09. The molecule has 0 saturated heterocycles. The van der Waals surface area contributed by atoms with E-state index in [1.165, 1.54) is 0 Å². The number of halogens is 1. The Kier molecular flexibility index (Phi) is 6.29. The first-order valence-corrected chi connectivity index (χ1v) is 7.83. The van der Waals surface area contributed by atoms with E-state index in [1.54, 1.807) is 19.1 Å². The minimum Gasteiger partial charge on any atom is -0.497 e. The van der Waals surface area contributed by atoms with Crippen LogP contribution in [0.5, 0.6) is 5.75 Å². The minimum absolute atomic E-state index is 0.113. The number of benzene rings is 2. The Labute approximate surface area is 142 Å². The number of urea groups is 1. The van der Waals surface area contributed by atoms with Gasteiger partial charge in [0.2, 0.25) is 0 Å². The van der Waals surface area contributed by atoms with Gasteiger partial charge >= 0.3 is 6.03 Å². The van der Waals surface area contributed by atoms with E-state index in [0.717, 1.165) is 23.3 Å². The third-order valence-electron chi connectivity index (χ3n) is 3.56. The predicted octanol–water partition coefficient (Wildman–Crippen LogP) is 3.73. The molecule has 0 atom stereocenters. The van der Waals surface area contributed by atoms with Crippen LogP contribution in [0.2, 0.25) is 5.02 Å². The highest BCUT2D eigenvalue weighted by molar-refractivity contribution is 6.31. The highest BCUT2D eigenvalue weighted by atomic mass is 35.5. The third-order valence-corrected chi connectivity index (χ3v) is 3.93. The van der Waals surface area contributed by atoms with Gasteiger partial charge < -0.3 is 15.0 Å². The molecule has 0 fully saturated rings. The maximum Gasteiger partial charge on any atom is 0.317 e. The summed E-state index contributed by atoms with van der Waals surface area (Å²) in [6, 6.07) is 15.3. The summed E-state index contributed by atoms with van der Waals surface area (Å²) >= 11 is 6.11. The highest BCUT2D eigenvalue weighted by Crippen LogP contribution is 2.16. The lowest BCUT2D eigenvalue weighted by Crippen LogP contribution is -2.37. The lowest BCUT2D eigenvalue weighted by molar-refractivity contribution is 0.207. The monoisotopic (exact) mass is 332 g/mol. The van der Waals surface area contributed by atoms with Crippen molar-refractivity contribution in [1.82, 2.24) is 10.2 Å². The molecule has 0 saturated carbocycles. The van der Waals surface area contributed by atoms with Crippen molar-refractivity contribution < 1.29 is 9.53 Å².